The van der Waals surface area contributed by atoms with Gasteiger partial charge in [0.25, 0.3) is 5.91 Å². The molecule has 160 valence electrons. The first kappa shape index (κ1) is 22.0. The van der Waals surface area contributed by atoms with Crippen molar-refractivity contribution in [2.45, 2.75) is 26.3 Å². The Kier molecular flexibility index (Phi) is 7.21. The lowest BCUT2D eigenvalue weighted by molar-refractivity contribution is -0.134. The third-order valence-electron chi connectivity index (χ3n) is 5.68. The van der Waals surface area contributed by atoms with Crippen molar-refractivity contribution >= 4 is 29.1 Å². The quantitative estimate of drug-likeness (QED) is 0.736. The average molecular weight is 430 g/mol. The van der Waals surface area contributed by atoms with E-state index >= 15 is 0 Å². The second kappa shape index (κ2) is 9.85. The summed E-state index contributed by atoms with van der Waals surface area (Å²) in [7, 11) is 0. The van der Waals surface area contributed by atoms with E-state index in [0.29, 0.717) is 36.8 Å². The van der Waals surface area contributed by atoms with Crippen LogP contribution in [0.15, 0.2) is 48.5 Å². The van der Waals surface area contributed by atoms with E-state index in [1.54, 1.807) is 36.4 Å². The van der Waals surface area contributed by atoms with Crippen LogP contribution in [0.3, 0.4) is 0 Å². The monoisotopic (exact) mass is 429 g/mol. The van der Waals surface area contributed by atoms with Gasteiger partial charge in [0, 0.05) is 42.5 Å². The molecule has 7 heteroatoms. The number of phenols is 1. The van der Waals surface area contributed by atoms with Gasteiger partial charge in [0.15, 0.2) is 0 Å². The minimum Gasteiger partial charge on any atom is -0.508 e. The van der Waals surface area contributed by atoms with Crippen LogP contribution in [0.1, 0.15) is 30.6 Å². The highest BCUT2D eigenvalue weighted by Crippen LogP contribution is 2.21. The molecule has 2 atom stereocenters. The summed E-state index contributed by atoms with van der Waals surface area (Å²) in [5, 5.41) is 13.0. The number of hydrogen-bond donors (Lipinski definition) is 2. The molecular formula is C23H28ClN3O3. The topological polar surface area (TPSA) is 72.9 Å². The summed E-state index contributed by atoms with van der Waals surface area (Å²) >= 11 is 5.90. The summed E-state index contributed by atoms with van der Waals surface area (Å²) < 4.78 is 0. The number of aromatic hydroxyl groups is 1. The maximum Gasteiger partial charge on any atom is 0.251 e. The fourth-order valence-electron chi connectivity index (χ4n) is 3.55. The number of phenolic OH excluding ortho intramolecular Hbond substituents is 1. The lowest BCUT2D eigenvalue weighted by atomic mass is 9.97. The first-order chi connectivity index (χ1) is 14.4. The molecule has 2 amide bonds. The fourth-order valence-corrected chi connectivity index (χ4v) is 3.68. The molecule has 3 rings (SSSR count). The zero-order chi connectivity index (χ0) is 21.7. The Balaban J connectivity index is 1.64. The van der Waals surface area contributed by atoms with Crippen molar-refractivity contribution in [1.29, 1.82) is 0 Å². The van der Waals surface area contributed by atoms with Crippen LogP contribution in [-0.2, 0) is 4.79 Å². The van der Waals surface area contributed by atoms with Crippen LogP contribution in [0, 0.1) is 5.92 Å². The molecule has 0 spiro atoms. The first-order valence-electron chi connectivity index (χ1n) is 10.3. The zero-order valence-corrected chi connectivity index (χ0v) is 18.1. The summed E-state index contributed by atoms with van der Waals surface area (Å²) in [5.41, 5.74) is 1.51. The number of nitrogens with one attached hydrogen (secondary N) is 1. The highest BCUT2D eigenvalue weighted by molar-refractivity contribution is 6.30. The molecular weight excluding hydrogens is 402 g/mol. The second-order valence-electron chi connectivity index (χ2n) is 7.67. The van der Waals surface area contributed by atoms with Gasteiger partial charge in [0.05, 0.1) is 0 Å². The van der Waals surface area contributed by atoms with Crippen LogP contribution in [-0.4, -0.2) is 54.0 Å². The molecule has 0 radical (unpaired) electrons. The normalized spacial score (nSPS) is 16.1. The number of carbonyl (C=O) groups is 2. The zero-order valence-electron chi connectivity index (χ0n) is 17.3. The van der Waals surface area contributed by atoms with Crippen molar-refractivity contribution < 1.29 is 14.7 Å². The van der Waals surface area contributed by atoms with E-state index in [2.05, 4.69) is 10.2 Å². The third kappa shape index (κ3) is 5.25. The molecule has 0 aliphatic carbocycles. The molecule has 0 saturated carbocycles. The molecule has 2 aromatic carbocycles. The van der Waals surface area contributed by atoms with E-state index in [1.165, 1.54) is 0 Å². The van der Waals surface area contributed by atoms with Gasteiger partial charge in [0.2, 0.25) is 5.91 Å². The molecule has 1 heterocycles. The van der Waals surface area contributed by atoms with Crippen LogP contribution >= 0.6 is 11.6 Å². The van der Waals surface area contributed by atoms with Crippen LogP contribution in [0.5, 0.6) is 5.75 Å². The molecule has 6 nitrogen and oxygen atoms in total. The van der Waals surface area contributed by atoms with Crippen LogP contribution < -0.4 is 10.2 Å². The van der Waals surface area contributed by atoms with E-state index in [0.717, 1.165) is 12.1 Å². The van der Waals surface area contributed by atoms with Gasteiger partial charge in [-0.15, -0.1) is 0 Å². The summed E-state index contributed by atoms with van der Waals surface area (Å²) in [6.07, 6.45) is 0.783. The summed E-state index contributed by atoms with van der Waals surface area (Å²) in [6.45, 7) is 6.58. The molecule has 30 heavy (non-hydrogen) atoms. The number of hydrogen-bond acceptors (Lipinski definition) is 4. The molecule has 0 bridgehead atoms. The summed E-state index contributed by atoms with van der Waals surface area (Å²) in [5.74, 6) is -0.0608. The minimum atomic E-state index is -0.571. The first-order valence-corrected chi connectivity index (χ1v) is 10.7. The molecule has 1 saturated heterocycles. The van der Waals surface area contributed by atoms with Gasteiger partial charge >= 0.3 is 0 Å². The Bertz CT molecular complexity index is 862. The number of anilines is 1. The lowest BCUT2D eigenvalue weighted by Crippen LogP contribution is -2.56. The number of halogens is 1. The van der Waals surface area contributed by atoms with Crippen molar-refractivity contribution in [2.75, 3.05) is 31.1 Å². The maximum absolute atomic E-state index is 13.2. The highest BCUT2D eigenvalue weighted by Gasteiger charge is 2.32. The van der Waals surface area contributed by atoms with Gasteiger partial charge in [-0.25, -0.2) is 0 Å². The molecule has 1 fully saturated rings. The largest absolute Gasteiger partial charge is 0.508 e. The summed E-state index contributed by atoms with van der Waals surface area (Å²) in [4.78, 5) is 29.9. The van der Waals surface area contributed by atoms with Gasteiger partial charge in [0.1, 0.15) is 11.8 Å². The average Bonchev–Trinajstić information content (AvgIpc) is 2.77. The Morgan fingerprint density at radius 2 is 1.63 bits per heavy atom. The van der Waals surface area contributed by atoms with Crippen LogP contribution in [0.25, 0.3) is 0 Å². The van der Waals surface area contributed by atoms with Gasteiger partial charge in [-0.05, 0) is 54.4 Å². The number of carbonyl (C=O) groups excluding carboxylic acids is 2. The fraction of sp³-hybridized carbons (Fsp3) is 0.391. The molecule has 2 N–H and O–H groups in total. The molecule has 2 aromatic rings. The summed E-state index contributed by atoms with van der Waals surface area (Å²) in [6, 6.07) is 13.2. The predicted molar refractivity (Wildman–Crippen MR) is 119 cm³/mol. The number of rotatable bonds is 6. The Labute approximate surface area is 182 Å². The van der Waals surface area contributed by atoms with E-state index in [-0.39, 0.29) is 23.5 Å². The SMILES string of the molecule is CCC(C)C(NC(=O)c1ccc(Cl)cc1)C(=O)N1CCN(c2ccc(O)cc2)CC1. The highest BCUT2D eigenvalue weighted by atomic mass is 35.5. The van der Waals surface area contributed by atoms with Crippen LogP contribution in [0.4, 0.5) is 5.69 Å². The van der Waals surface area contributed by atoms with E-state index in [1.807, 2.05) is 30.9 Å². The Morgan fingerprint density at radius 1 is 1.03 bits per heavy atom. The standard InChI is InChI=1S/C23H28ClN3O3/c1-3-16(2)21(25-22(29)17-4-6-18(24)7-5-17)23(30)27-14-12-26(13-15-27)19-8-10-20(28)11-9-19/h4-11,16,21,28H,3,12-15H2,1-2H3,(H,25,29). The smallest absolute Gasteiger partial charge is 0.251 e. The van der Waals surface area contributed by atoms with Gasteiger partial charge < -0.3 is 20.2 Å². The van der Waals surface area contributed by atoms with Crippen LogP contribution in [0.2, 0.25) is 5.02 Å². The number of nitrogens with zero attached hydrogens (tertiary/aromatic N) is 2. The van der Waals surface area contributed by atoms with Crippen molar-refractivity contribution in [2.24, 2.45) is 5.92 Å². The number of amides is 2. The van der Waals surface area contributed by atoms with Crippen molar-refractivity contribution in [3.8, 4) is 5.75 Å². The Hall–Kier alpha value is -2.73. The van der Waals surface area contributed by atoms with E-state index < -0.39 is 6.04 Å². The molecule has 0 aromatic heterocycles. The van der Waals surface area contributed by atoms with Crippen molar-refractivity contribution in [3.05, 3.63) is 59.1 Å². The second-order valence-corrected chi connectivity index (χ2v) is 8.11. The minimum absolute atomic E-state index is 0.0175. The predicted octanol–water partition coefficient (Wildman–Crippen LogP) is 3.54. The Morgan fingerprint density at radius 3 is 2.20 bits per heavy atom. The van der Waals surface area contributed by atoms with Gasteiger partial charge in [-0.3, -0.25) is 9.59 Å². The number of benzene rings is 2. The van der Waals surface area contributed by atoms with Gasteiger partial charge in [-0.2, -0.15) is 0 Å². The molecule has 2 unspecified atom stereocenters. The third-order valence-corrected chi connectivity index (χ3v) is 5.93. The maximum atomic E-state index is 13.2. The van der Waals surface area contributed by atoms with Crippen molar-refractivity contribution in [3.63, 3.8) is 0 Å². The molecule has 1 aliphatic heterocycles. The molecule has 1 aliphatic rings. The van der Waals surface area contributed by atoms with Gasteiger partial charge in [-0.1, -0.05) is 31.9 Å². The van der Waals surface area contributed by atoms with Crippen molar-refractivity contribution in [1.82, 2.24) is 10.2 Å². The van der Waals surface area contributed by atoms with E-state index in [4.69, 9.17) is 11.6 Å². The van der Waals surface area contributed by atoms with E-state index in [9.17, 15) is 14.7 Å². The number of piperazine rings is 1. The lowest BCUT2D eigenvalue weighted by Gasteiger charge is -2.38.